The number of rotatable bonds is 6. The Balaban J connectivity index is 1.27. The van der Waals surface area contributed by atoms with Crippen molar-refractivity contribution < 1.29 is 13.2 Å². The van der Waals surface area contributed by atoms with Crippen LogP contribution in [0.4, 0.5) is 0 Å². The Kier molecular flexibility index (Phi) is 5.19. The number of hydrogen-bond acceptors (Lipinski definition) is 6. The van der Waals surface area contributed by atoms with Crippen molar-refractivity contribution >= 4 is 21.5 Å². The molecule has 5 rings (SSSR count). The quantitative estimate of drug-likeness (QED) is 0.419. The minimum Gasteiger partial charge on any atom is -0.348 e. The van der Waals surface area contributed by atoms with Crippen molar-refractivity contribution in [2.75, 3.05) is 0 Å². The molecule has 0 radical (unpaired) electrons. The fraction of sp³-hybridized carbons (Fsp3) is 0.0435. The number of carbonyl (C=O) groups is 1. The van der Waals surface area contributed by atoms with Gasteiger partial charge in [0.2, 0.25) is 15.6 Å². The number of carbonyl (C=O) groups excluding carboxylic acids is 1. The lowest BCUT2D eigenvalue weighted by Crippen LogP contribution is -2.23. The van der Waals surface area contributed by atoms with Gasteiger partial charge in [0.05, 0.1) is 21.7 Å². The van der Waals surface area contributed by atoms with Crippen molar-refractivity contribution in [2.45, 2.75) is 16.3 Å². The van der Waals surface area contributed by atoms with Crippen LogP contribution >= 0.6 is 0 Å². The molecule has 0 aliphatic rings. The molecule has 0 fully saturated rings. The molecule has 33 heavy (non-hydrogen) atoms. The number of nitrogens with zero attached hydrogens (tertiary/aromatic N) is 5. The van der Waals surface area contributed by atoms with Gasteiger partial charge in [0.15, 0.2) is 0 Å². The molecule has 0 spiro atoms. The van der Waals surface area contributed by atoms with Crippen LogP contribution in [0.25, 0.3) is 11.5 Å². The second-order valence-electron chi connectivity index (χ2n) is 7.27. The molecular formula is C23H18N6O3S. The highest BCUT2D eigenvalue weighted by atomic mass is 32.2. The Morgan fingerprint density at radius 3 is 2.33 bits per heavy atom. The van der Waals surface area contributed by atoms with Crippen LogP contribution in [0, 0.1) is 0 Å². The zero-order chi connectivity index (χ0) is 22.8. The maximum atomic E-state index is 13.0. The van der Waals surface area contributed by atoms with E-state index in [1.807, 2.05) is 0 Å². The summed E-state index contributed by atoms with van der Waals surface area (Å²) in [4.78, 5) is 25.0. The molecule has 1 amide bonds. The Morgan fingerprint density at radius 1 is 0.909 bits per heavy atom. The van der Waals surface area contributed by atoms with Crippen LogP contribution in [0.1, 0.15) is 15.9 Å². The van der Waals surface area contributed by atoms with Gasteiger partial charge in [-0.2, -0.15) is 0 Å². The summed E-state index contributed by atoms with van der Waals surface area (Å²) in [7, 11) is -3.66. The lowest BCUT2D eigenvalue weighted by atomic mass is 10.2. The molecule has 3 aromatic heterocycles. The van der Waals surface area contributed by atoms with Crippen LogP contribution < -0.4 is 5.32 Å². The van der Waals surface area contributed by atoms with Crippen molar-refractivity contribution in [2.24, 2.45) is 0 Å². The predicted molar refractivity (Wildman–Crippen MR) is 120 cm³/mol. The molecule has 0 bridgehead atoms. The van der Waals surface area contributed by atoms with Crippen molar-refractivity contribution in [3.8, 4) is 5.69 Å². The number of benzene rings is 2. The predicted octanol–water partition coefficient (Wildman–Crippen LogP) is 2.68. The molecule has 3 heterocycles. The number of fused-ring (bicyclic) bond motifs is 1. The molecule has 1 N–H and O–H groups in total. The van der Waals surface area contributed by atoms with Crippen LogP contribution in [0.3, 0.4) is 0 Å². The maximum absolute atomic E-state index is 13.0. The Labute approximate surface area is 189 Å². The summed E-state index contributed by atoms with van der Waals surface area (Å²) in [6.07, 6.45) is 11.5. The molecule has 0 aliphatic carbocycles. The SMILES string of the molecule is O=C(NCc1ccc(S(=O)(=O)c2ccc(-n3ccnc3)cc2)cc1)c1cnc2nccn2c1. The lowest BCUT2D eigenvalue weighted by molar-refractivity contribution is 0.0950. The molecule has 2 aromatic carbocycles. The third kappa shape index (κ3) is 4.11. The summed E-state index contributed by atoms with van der Waals surface area (Å²) >= 11 is 0. The molecular weight excluding hydrogens is 440 g/mol. The third-order valence-corrected chi connectivity index (χ3v) is 6.93. The highest BCUT2D eigenvalue weighted by molar-refractivity contribution is 7.91. The lowest BCUT2D eigenvalue weighted by Gasteiger charge is -2.09. The molecule has 9 nitrogen and oxygen atoms in total. The monoisotopic (exact) mass is 458 g/mol. The van der Waals surface area contributed by atoms with Crippen molar-refractivity contribution in [3.63, 3.8) is 0 Å². The average Bonchev–Trinajstić information content (AvgIpc) is 3.55. The number of amides is 1. The van der Waals surface area contributed by atoms with E-state index < -0.39 is 9.84 Å². The van der Waals surface area contributed by atoms with Gasteiger partial charge in [-0.3, -0.25) is 9.20 Å². The van der Waals surface area contributed by atoms with Crippen LogP contribution in [0.15, 0.2) is 102 Å². The summed E-state index contributed by atoms with van der Waals surface area (Å²) in [5.41, 5.74) is 1.99. The molecule has 164 valence electrons. The average molecular weight is 459 g/mol. The van der Waals surface area contributed by atoms with E-state index in [9.17, 15) is 13.2 Å². The normalized spacial score (nSPS) is 11.5. The highest BCUT2D eigenvalue weighted by Gasteiger charge is 2.17. The zero-order valence-corrected chi connectivity index (χ0v) is 18.1. The first kappa shape index (κ1) is 20.6. The van der Waals surface area contributed by atoms with Gasteiger partial charge in [-0.15, -0.1) is 0 Å². The van der Waals surface area contributed by atoms with Gasteiger partial charge in [-0.1, -0.05) is 12.1 Å². The van der Waals surface area contributed by atoms with Gasteiger partial charge in [0, 0.05) is 49.4 Å². The van der Waals surface area contributed by atoms with Crippen LogP contribution in [-0.4, -0.2) is 38.2 Å². The third-order valence-electron chi connectivity index (χ3n) is 5.14. The Hall–Kier alpha value is -4.31. The van der Waals surface area contributed by atoms with Crippen molar-refractivity contribution in [1.29, 1.82) is 0 Å². The molecule has 0 unspecified atom stereocenters. The highest BCUT2D eigenvalue weighted by Crippen LogP contribution is 2.22. The largest absolute Gasteiger partial charge is 0.348 e. The summed E-state index contributed by atoms with van der Waals surface area (Å²) in [5.74, 6) is 0.229. The van der Waals surface area contributed by atoms with Gasteiger partial charge in [0.1, 0.15) is 0 Å². The number of aromatic nitrogens is 5. The van der Waals surface area contributed by atoms with E-state index in [4.69, 9.17) is 0 Å². The first-order valence-electron chi connectivity index (χ1n) is 10.00. The summed E-state index contributed by atoms with van der Waals surface area (Å²) < 4.78 is 29.4. The number of nitrogens with one attached hydrogen (secondary N) is 1. The van der Waals surface area contributed by atoms with Gasteiger partial charge in [0.25, 0.3) is 5.91 Å². The van der Waals surface area contributed by atoms with Crippen molar-refractivity contribution in [1.82, 2.24) is 29.2 Å². The summed E-state index contributed by atoms with van der Waals surface area (Å²) in [5, 5.41) is 2.81. The number of imidazole rings is 2. The van der Waals surface area contributed by atoms with E-state index in [2.05, 4.69) is 20.3 Å². The van der Waals surface area contributed by atoms with E-state index in [0.29, 0.717) is 11.3 Å². The molecule has 0 atom stereocenters. The Bertz CT molecular complexity index is 1520. The standard InChI is InChI=1S/C23H18N6O3S/c30-22(18-14-27-23-25-10-12-28(23)15-18)26-13-17-1-5-20(6-2-17)33(31,32)21-7-3-19(4-8-21)29-11-9-24-16-29/h1-12,14-16H,13H2,(H,26,30). The molecule has 10 heteroatoms. The minimum atomic E-state index is -3.66. The van der Waals surface area contributed by atoms with Crippen LogP contribution in [0.2, 0.25) is 0 Å². The second-order valence-corrected chi connectivity index (χ2v) is 9.22. The number of hydrogen-bond donors (Lipinski definition) is 1. The Morgan fingerprint density at radius 2 is 1.64 bits per heavy atom. The van der Waals surface area contributed by atoms with Gasteiger partial charge in [-0.25, -0.2) is 23.4 Å². The van der Waals surface area contributed by atoms with Crippen LogP contribution in [0.5, 0.6) is 0 Å². The minimum absolute atomic E-state index is 0.183. The first-order chi connectivity index (χ1) is 16.0. The van der Waals surface area contributed by atoms with E-state index in [1.54, 1.807) is 94.8 Å². The topological polar surface area (TPSA) is 111 Å². The maximum Gasteiger partial charge on any atom is 0.254 e. The van der Waals surface area contributed by atoms with E-state index in [-0.39, 0.29) is 22.2 Å². The molecule has 5 aromatic rings. The van der Waals surface area contributed by atoms with Gasteiger partial charge >= 0.3 is 0 Å². The molecule has 0 saturated heterocycles. The van der Waals surface area contributed by atoms with E-state index in [1.165, 1.54) is 6.20 Å². The first-order valence-corrected chi connectivity index (χ1v) is 11.5. The van der Waals surface area contributed by atoms with Crippen LogP contribution in [-0.2, 0) is 16.4 Å². The van der Waals surface area contributed by atoms with E-state index in [0.717, 1.165) is 11.3 Å². The van der Waals surface area contributed by atoms with Crippen molar-refractivity contribution in [3.05, 3.63) is 103 Å². The second kappa shape index (κ2) is 8.32. The summed E-state index contributed by atoms with van der Waals surface area (Å²) in [6, 6.07) is 13.1. The molecule has 0 saturated carbocycles. The number of sulfone groups is 1. The molecule has 0 aliphatic heterocycles. The fourth-order valence-electron chi connectivity index (χ4n) is 3.35. The zero-order valence-electron chi connectivity index (χ0n) is 17.2. The van der Waals surface area contributed by atoms with Gasteiger partial charge < -0.3 is 9.88 Å². The summed E-state index contributed by atoms with van der Waals surface area (Å²) in [6.45, 7) is 0.251. The van der Waals surface area contributed by atoms with E-state index >= 15 is 0 Å². The fourth-order valence-corrected chi connectivity index (χ4v) is 4.61. The van der Waals surface area contributed by atoms with Gasteiger partial charge in [-0.05, 0) is 42.0 Å². The smallest absolute Gasteiger partial charge is 0.254 e.